The first-order valence-electron chi connectivity index (χ1n) is 9.02. The molecule has 1 heteroatoms. The van der Waals surface area contributed by atoms with E-state index in [0.717, 1.165) is 36.9 Å². The van der Waals surface area contributed by atoms with Crippen molar-refractivity contribution in [3.8, 4) is 0 Å². The van der Waals surface area contributed by atoms with Crippen LogP contribution in [-0.4, -0.2) is 13.2 Å². The molecule has 0 bridgehead atoms. The molecule has 0 saturated heterocycles. The summed E-state index contributed by atoms with van der Waals surface area (Å²) in [6.07, 6.45) is 17.4. The Hall–Kier alpha value is -0.300. The Morgan fingerprint density at radius 3 is 1.90 bits per heavy atom. The zero-order chi connectivity index (χ0) is 14.2. The van der Waals surface area contributed by atoms with Crippen LogP contribution in [0.25, 0.3) is 0 Å². The Labute approximate surface area is 126 Å². The standard InChI is InChI=1S/C19H34O/c1-3-5-14-20-15-17-8-12-19(13-9-17)18-10-6-16(4-2)7-11-18/h3,5,16-19H,4,6-15H2,1-2H3/b5-3-/t16-,17?,18-,19?. The molecule has 0 radical (unpaired) electrons. The van der Waals surface area contributed by atoms with Gasteiger partial charge in [0, 0.05) is 6.61 Å². The molecular weight excluding hydrogens is 244 g/mol. The van der Waals surface area contributed by atoms with E-state index in [2.05, 4.69) is 26.0 Å². The minimum Gasteiger partial charge on any atom is -0.377 e. The highest BCUT2D eigenvalue weighted by atomic mass is 16.5. The van der Waals surface area contributed by atoms with Gasteiger partial charge in [0.1, 0.15) is 0 Å². The van der Waals surface area contributed by atoms with Crippen LogP contribution in [0.5, 0.6) is 0 Å². The third kappa shape index (κ3) is 4.91. The van der Waals surface area contributed by atoms with E-state index in [4.69, 9.17) is 4.74 Å². The number of ether oxygens (including phenoxy) is 1. The van der Waals surface area contributed by atoms with E-state index < -0.39 is 0 Å². The summed E-state index contributed by atoms with van der Waals surface area (Å²) >= 11 is 0. The maximum Gasteiger partial charge on any atom is 0.0647 e. The first-order valence-corrected chi connectivity index (χ1v) is 9.02. The van der Waals surface area contributed by atoms with Crippen LogP contribution >= 0.6 is 0 Å². The number of allylic oxidation sites excluding steroid dienone is 1. The maximum atomic E-state index is 5.74. The second kappa shape index (κ2) is 8.87. The van der Waals surface area contributed by atoms with Gasteiger partial charge in [-0.1, -0.05) is 38.3 Å². The third-order valence-electron chi connectivity index (χ3n) is 5.83. The molecule has 116 valence electrons. The van der Waals surface area contributed by atoms with Crippen molar-refractivity contribution in [3.63, 3.8) is 0 Å². The average Bonchev–Trinajstić information content (AvgIpc) is 2.52. The van der Waals surface area contributed by atoms with Gasteiger partial charge in [0.25, 0.3) is 0 Å². The Kier molecular flexibility index (Phi) is 7.13. The average molecular weight is 278 g/mol. The van der Waals surface area contributed by atoms with Crippen LogP contribution in [0.4, 0.5) is 0 Å². The molecule has 0 N–H and O–H groups in total. The van der Waals surface area contributed by atoms with Crippen molar-refractivity contribution >= 4 is 0 Å². The van der Waals surface area contributed by atoms with Crippen LogP contribution < -0.4 is 0 Å². The van der Waals surface area contributed by atoms with Gasteiger partial charge in [-0.15, -0.1) is 0 Å². The molecule has 0 aromatic carbocycles. The van der Waals surface area contributed by atoms with E-state index in [-0.39, 0.29) is 0 Å². The summed E-state index contributed by atoms with van der Waals surface area (Å²) in [5, 5.41) is 0. The summed E-state index contributed by atoms with van der Waals surface area (Å²) in [4.78, 5) is 0. The van der Waals surface area contributed by atoms with E-state index in [0.29, 0.717) is 0 Å². The number of rotatable bonds is 6. The summed E-state index contributed by atoms with van der Waals surface area (Å²) < 4.78 is 5.74. The molecule has 0 spiro atoms. The highest BCUT2D eigenvalue weighted by Crippen LogP contribution is 2.41. The van der Waals surface area contributed by atoms with E-state index in [9.17, 15) is 0 Å². The number of hydrogen-bond acceptors (Lipinski definition) is 1. The minimum absolute atomic E-state index is 0.803. The summed E-state index contributed by atoms with van der Waals surface area (Å²) in [7, 11) is 0. The van der Waals surface area contributed by atoms with Crippen LogP contribution in [0, 0.1) is 23.7 Å². The van der Waals surface area contributed by atoms with E-state index in [1.54, 1.807) is 0 Å². The molecule has 0 heterocycles. The molecule has 0 aliphatic heterocycles. The van der Waals surface area contributed by atoms with Crippen molar-refractivity contribution < 1.29 is 4.74 Å². The van der Waals surface area contributed by atoms with Crippen molar-refractivity contribution in [2.24, 2.45) is 23.7 Å². The van der Waals surface area contributed by atoms with Crippen molar-refractivity contribution in [1.29, 1.82) is 0 Å². The summed E-state index contributed by atoms with van der Waals surface area (Å²) in [6.45, 7) is 6.21. The fourth-order valence-corrected chi connectivity index (χ4v) is 4.29. The molecule has 0 aromatic heterocycles. The topological polar surface area (TPSA) is 9.23 Å². The molecule has 0 aromatic rings. The molecule has 2 saturated carbocycles. The monoisotopic (exact) mass is 278 g/mol. The zero-order valence-corrected chi connectivity index (χ0v) is 13.7. The molecule has 2 fully saturated rings. The molecule has 20 heavy (non-hydrogen) atoms. The van der Waals surface area contributed by atoms with Crippen molar-refractivity contribution in [3.05, 3.63) is 12.2 Å². The lowest BCUT2D eigenvalue weighted by Crippen LogP contribution is -2.27. The van der Waals surface area contributed by atoms with Gasteiger partial charge in [0.05, 0.1) is 6.61 Å². The van der Waals surface area contributed by atoms with Crippen LogP contribution in [0.1, 0.15) is 71.6 Å². The normalized spacial score (nSPS) is 35.5. The third-order valence-corrected chi connectivity index (χ3v) is 5.83. The van der Waals surface area contributed by atoms with Gasteiger partial charge >= 0.3 is 0 Å². The molecule has 1 nitrogen and oxygen atoms in total. The smallest absolute Gasteiger partial charge is 0.0647 e. The Bertz CT molecular complexity index is 267. The van der Waals surface area contributed by atoms with Crippen molar-refractivity contribution in [2.75, 3.05) is 13.2 Å². The van der Waals surface area contributed by atoms with E-state index >= 15 is 0 Å². The van der Waals surface area contributed by atoms with Crippen LogP contribution in [0.3, 0.4) is 0 Å². The van der Waals surface area contributed by atoms with Gasteiger partial charge in [-0.3, -0.25) is 0 Å². The summed E-state index contributed by atoms with van der Waals surface area (Å²) in [6, 6.07) is 0. The molecular formula is C19H34O. The quantitative estimate of drug-likeness (QED) is 0.454. The zero-order valence-electron chi connectivity index (χ0n) is 13.7. The first kappa shape index (κ1) is 16.1. The van der Waals surface area contributed by atoms with E-state index in [1.165, 1.54) is 57.8 Å². The predicted molar refractivity (Wildman–Crippen MR) is 86.8 cm³/mol. The highest BCUT2D eigenvalue weighted by Gasteiger charge is 2.30. The van der Waals surface area contributed by atoms with Gasteiger partial charge in [0.2, 0.25) is 0 Å². The molecule has 0 atom stereocenters. The largest absolute Gasteiger partial charge is 0.377 e. The number of hydrogen-bond donors (Lipinski definition) is 0. The summed E-state index contributed by atoms with van der Waals surface area (Å²) in [5.74, 6) is 3.98. The fraction of sp³-hybridized carbons (Fsp3) is 0.895. The lowest BCUT2D eigenvalue weighted by Gasteiger charge is -2.37. The molecule has 2 aliphatic carbocycles. The Balaban J connectivity index is 1.62. The highest BCUT2D eigenvalue weighted by molar-refractivity contribution is 4.82. The first-order chi connectivity index (χ1) is 9.83. The summed E-state index contributed by atoms with van der Waals surface area (Å²) in [5.41, 5.74) is 0. The molecule has 0 amide bonds. The van der Waals surface area contributed by atoms with Gasteiger partial charge < -0.3 is 4.74 Å². The van der Waals surface area contributed by atoms with Gasteiger partial charge in [-0.25, -0.2) is 0 Å². The fourth-order valence-electron chi connectivity index (χ4n) is 4.29. The lowest BCUT2D eigenvalue weighted by molar-refractivity contribution is 0.0782. The SMILES string of the molecule is C/C=C\COCC1CCC([C@H]2CC[C@H](CC)CC2)CC1. The van der Waals surface area contributed by atoms with Crippen molar-refractivity contribution in [1.82, 2.24) is 0 Å². The second-order valence-corrected chi connectivity index (χ2v) is 7.08. The molecule has 2 rings (SSSR count). The maximum absolute atomic E-state index is 5.74. The lowest BCUT2D eigenvalue weighted by atomic mass is 9.69. The molecule has 2 aliphatic rings. The van der Waals surface area contributed by atoms with Gasteiger partial charge in [-0.05, 0) is 69.1 Å². The van der Waals surface area contributed by atoms with Crippen LogP contribution in [-0.2, 0) is 4.74 Å². The Morgan fingerprint density at radius 2 is 1.40 bits per heavy atom. The van der Waals surface area contributed by atoms with Crippen LogP contribution in [0.15, 0.2) is 12.2 Å². The van der Waals surface area contributed by atoms with Crippen molar-refractivity contribution in [2.45, 2.75) is 71.6 Å². The van der Waals surface area contributed by atoms with Crippen LogP contribution in [0.2, 0.25) is 0 Å². The minimum atomic E-state index is 0.803. The molecule has 0 unspecified atom stereocenters. The van der Waals surface area contributed by atoms with Gasteiger partial charge in [0.15, 0.2) is 0 Å². The van der Waals surface area contributed by atoms with Gasteiger partial charge in [-0.2, -0.15) is 0 Å². The Morgan fingerprint density at radius 1 is 0.850 bits per heavy atom. The second-order valence-electron chi connectivity index (χ2n) is 7.08. The predicted octanol–water partition coefficient (Wildman–Crippen LogP) is 5.60. The van der Waals surface area contributed by atoms with E-state index in [1.807, 2.05) is 0 Å².